The summed E-state index contributed by atoms with van der Waals surface area (Å²) in [7, 11) is 13.6. The molecule has 0 heterocycles. The van der Waals surface area contributed by atoms with Crippen molar-refractivity contribution < 1.29 is 57.5 Å². The molecule has 0 aromatic carbocycles. The van der Waals surface area contributed by atoms with Crippen molar-refractivity contribution in [2.24, 2.45) is 11.5 Å². The molecule has 0 aliphatic rings. The van der Waals surface area contributed by atoms with E-state index >= 15 is 0 Å². The Balaban J connectivity index is 4.86. The van der Waals surface area contributed by atoms with Crippen LogP contribution in [0.5, 0.6) is 0 Å². The number of nitrogens with two attached hydrogens (primary N) is 2. The number of carbonyl (C=O) groups is 12. The van der Waals surface area contributed by atoms with Crippen molar-refractivity contribution in [3.05, 3.63) is 0 Å². The van der Waals surface area contributed by atoms with Crippen LogP contribution in [0.2, 0.25) is 0 Å². The third-order valence-electron chi connectivity index (χ3n) is 10.7. The third kappa shape index (κ3) is 25.6. The molecule has 0 aliphatic carbocycles. The van der Waals surface area contributed by atoms with Crippen molar-refractivity contribution in [1.29, 1.82) is 0 Å². The maximum Gasteiger partial charge on any atom is 0.242 e. The number of hydrogen-bond donors (Lipinski definition) is 3. The molecule has 26 heteroatoms. The molecule has 0 radical (unpaired) electrons. The Bertz CT molecular complexity index is 1800. The molecule has 0 aromatic heterocycles. The Labute approximate surface area is 406 Å². The van der Waals surface area contributed by atoms with Crippen molar-refractivity contribution in [1.82, 2.24) is 59.2 Å². The van der Waals surface area contributed by atoms with Gasteiger partial charge >= 0.3 is 0 Å². The zero-order valence-electron chi connectivity index (χ0n) is 42.6. The second-order valence-corrected chi connectivity index (χ2v) is 17.2. The molecule has 0 atom stereocenters. The molecular weight excluding hydrogens is 905 g/mol. The van der Waals surface area contributed by atoms with E-state index in [2.05, 4.69) is 5.32 Å². The molecule has 0 saturated carbocycles. The fourth-order valence-corrected chi connectivity index (χ4v) is 5.95. The lowest BCUT2D eigenvalue weighted by Gasteiger charge is -2.27. The summed E-state index contributed by atoms with van der Waals surface area (Å²) in [6.07, 6.45) is 2.37. The van der Waals surface area contributed by atoms with E-state index in [4.69, 9.17) is 11.5 Å². The lowest BCUT2D eigenvalue weighted by atomic mass is 10.2. The van der Waals surface area contributed by atoms with Gasteiger partial charge in [0.05, 0.1) is 72.0 Å². The van der Waals surface area contributed by atoms with Gasteiger partial charge in [-0.2, -0.15) is 0 Å². The van der Waals surface area contributed by atoms with Crippen LogP contribution in [0.15, 0.2) is 0 Å². The molecule has 0 unspecified atom stereocenters. The number of rotatable bonds is 32. The van der Waals surface area contributed by atoms with E-state index in [1.54, 1.807) is 0 Å². The van der Waals surface area contributed by atoms with Gasteiger partial charge in [-0.3, -0.25) is 62.4 Å². The predicted octanol–water partition coefficient (Wildman–Crippen LogP) is -5.94. The molecule has 0 bridgehead atoms. The molecule has 0 aliphatic heterocycles. The average molecular weight is 983 g/mol. The fourth-order valence-electron chi connectivity index (χ4n) is 5.95. The number of carbonyl (C=O) groups excluding carboxylic acids is 12. The summed E-state index contributed by atoms with van der Waals surface area (Å²) in [4.78, 5) is 165. The van der Waals surface area contributed by atoms with Crippen LogP contribution in [-0.4, -0.2) is 300 Å². The number of hydrogen-bond acceptors (Lipinski definition) is 15. The van der Waals surface area contributed by atoms with Gasteiger partial charge in [-0.25, -0.2) is 0 Å². The van der Waals surface area contributed by atoms with E-state index in [-0.39, 0.29) is 57.4 Å². The zero-order valence-corrected chi connectivity index (χ0v) is 42.6. The minimum atomic E-state index is -0.628. The molecule has 0 aromatic rings. The lowest BCUT2D eigenvalue weighted by Crippen LogP contribution is -2.49. The third-order valence-corrected chi connectivity index (χ3v) is 10.7. The molecule has 0 saturated heterocycles. The molecule has 26 nitrogen and oxygen atoms in total. The van der Waals surface area contributed by atoms with Gasteiger partial charge < -0.3 is 65.8 Å². The first-order chi connectivity index (χ1) is 32.1. The van der Waals surface area contributed by atoms with Crippen molar-refractivity contribution >= 4 is 70.8 Å². The maximum atomic E-state index is 13.0. The van der Waals surface area contributed by atoms with Crippen LogP contribution in [0.1, 0.15) is 32.6 Å². The van der Waals surface area contributed by atoms with Crippen LogP contribution >= 0.6 is 0 Å². The number of nitrogens with one attached hydrogen (secondary N) is 1. The smallest absolute Gasteiger partial charge is 0.242 e. The second kappa shape index (κ2) is 32.5. The number of unbranched alkanes of at least 4 members (excludes halogenated alkanes) is 1. The highest BCUT2D eigenvalue weighted by Gasteiger charge is 2.26. The average Bonchev–Trinajstić information content (AvgIpc) is 3.27. The summed E-state index contributed by atoms with van der Waals surface area (Å²) in [5, 5.41) is 2.72. The monoisotopic (exact) mass is 983 g/mol. The standard InChI is InChI=1S/C43H78N14O12/c1-32(58)21-47(2)35(61)24-49(4)37(63)26-51(6)39(65)28-53(8)41(67)30-55(10)43(69)31-56(11)42(68)29-54(9)40(66)27-52(7)38(64)25-50(5)36(62)23-48(3)34(60)15-18-46-33(59)22-57(20-14-17-45)19-13-12-16-44/h12-31,44-45H2,1-11H3,(H,46,59). The fraction of sp³-hybridized carbons (Fsp3) is 0.721. The van der Waals surface area contributed by atoms with Gasteiger partial charge in [0.25, 0.3) is 0 Å². The first kappa shape index (κ1) is 62.7. The van der Waals surface area contributed by atoms with E-state index in [0.717, 1.165) is 58.5 Å². The first-order valence-electron chi connectivity index (χ1n) is 22.4. The van der Waals surface area contributed by atoms with Crippen molar-refractivity contribution in [3.63, 3.8) is 0 Å². The van der Waals surface area contributed by atoms with Crippen molar-refractivity contribution in [2.45, 2.75) is 32.6 Å². The van der Waals surface area contributed by atoms with Crippen LogP contribution in [-0.2, 0) is 57.5 Å². The van der Waals surface area contributed by atoms with Crippen LogP contribution in [0.25, 0.3) is 0 Å². The maximum absolute atomic E-state index is 13.0. The minimum absolute atomic E-state index is 0.0506. The van der Waals surface area contributed by atoms with Gasteiger partial charge in [0, 0.05) is 83.4 Å². The highest BCUT2D eigenvalue weighted by Crippen LogP contribution is 2.02. The highest BCUT2D eigenvalue weighted by molar-refractivity contribution is 5.94. The molecule has 0 fully saturated rings. The summed E-state index contributed by atoms with van der Waals surface area (Å²) in [5.41, 5.74) is 11.2. The summed E-state index contributed by atoms with van der Waals surface area (Å²) in [6.45, 7) is 0.177. The number of likely N-dealkylation sites (N-methyl/N-ethyl adjacent to an activating group) is 10. The van der Waals surface area contributed by atoms with Gasteiger partial charge in [0.2, 0.25) is 65.0 Å². The number of nitrogens with zero attached hydrogens (tertiary/aromatic N) is 11. The van der Waals surface area contributed by atoms with E-state index < -0.39 is 98.3 Å². The van der Waals surface area contributed by atoms with Gasteiger partial charge in [0.1, 0.15) is 5.78 Å². The number of amides is 11. The molecule has 0 rings (SSSR count). The van der Waals surface area contributed by atoms with E-state index in [9.17, 15) is 57.5 Å². The summed E-state index contributed by atoms with van der Waals surface area (Å²) >= 11 is 0. The molecule has 5 N–H and O–H groups in total. The largest absolute Gasteiger partial charge is 0.354 e. The molecule has 11 amide bonds. The Kier molecular flexibility index (Phi) is 29.5. The van der Waals surface area contributed by atoms with Gasteiger partial charge in [-0.15, -0.1) is 0 Å². The van der Waals surface area contributed by atoms with E-state index in [1.807, 2.05) is 4.90 Å². The topological polar surface area (TPSA) is 305 Å². The molecule has 69 heavy (non-hydrogen) atoms. The Morgan fingerprint density at radius 3 is 0.841 bits per heavy atom. The van der Waals surface area contributed by atoms with E-state index in [0.29, 0.717) is 26.2 Å². The summed E-state index contributed by atoms with van der Waals surface area (Å²) in [5.74, 6) is -6.12. The highest BCUT2D eigenvalue weighted by atomic mass is 16.2. The Morgan fingerprint density at radius 2 is 0.580 bits per heavy atom. The van der Waals surface area contributed by atoms with Crippen LogP contribution < -0.4 is 16.8 Å². The predicted molar refractivity (Wildman–Crippen MR) is 253 cm³/mol. The number of Topliss-reactive ketones (excluding diaryl/α,β-unsaturated/α-hetero) is 1. The number of ketones is 1. The summed E-state index contributed by atoms with van der Waals surface area (Å²) < 4.78 is 0. The first-order valence-corrected chi connectivity index (χ1v) is 22.4. The Morgan fingerprint density at radius 1 is 0.333 bits per heavy atom. The molecular formula is C43H78N14O12. The van der Waals surface area contributed by atoms with Crippen LogP contribution in [0.3, 0.4) is 0 Å². The SMILES string of the molecule is CC(=O)CN(C)C(=O)CN(C)C(=O)CN(C)C(=O)CN(C)C(=O)CN(C)C(=O)CN(C)C(=O)CN(C)C(=O)CN(C)C(=O)CN(C)C(=O)CN(C)C(=O)CCNC(=O)CN(CCCN)CCCCN. The quantitative estimate of drug-likeness (QED) is 0.0529. The van der Waals surface area contributed by atoms with Crippen LogP contribution in [0.4, 0.5) is 0 Å². The summed E-state index contributed by atoms with van der Waals surface area (Å²) in [6, 6.07) is 0. The van der Waals surface area contributed by atoms with Gasteiger partial charge in [-0.1, -0.05) is 0 Å². The zero-order chi connectivity index (χ0) is 53.1. The Hall–Kier alpha value is -6.28. The second-order valence-electron chi connectivity index (χ2n) is 17.2. The lowest BCUT2D eigenvalue weighted by molar-refractivity contribution is -0.146. The van der Waals surface area contributed by atoms with Gasteiger partial charge in [0.15, 0.2) is 0 Å². The van der Waals surface area contributed by atoms with Crippen LogP contribution in [0, 0.1) is 0 Å². The van der Waals surface area contributed by atoms with Gasteiger partial charge in [-0.05, 0) is 52.4 Å². The van der Waals surface area contributed by atoms with Crippen molar-refractivity contribution in [2.75, 3.05) is 175 Å². The minimum Gasteiger partial charge on any atom is -0.354 e. The van der Waals surface area contributed by atoms with E-state index in [1.165, 1.54) is 87.2 Å². The molecule has 392 valence electrons. The molecule has 0 spiro atoms. The normalized spacial score (nSPS) is 10.6. The van der Waals surface area contributed by atoms with Crippen molar-refractivity contribution in [3.8, 4) is 0 Å².